The summed E-state index contributed by atoms with van der Waals surface area (Å²) in [5.74, 6) is 0.708. The quantitative estimate of drug-likeness (QED) is 0.902. The van der Waals surface area contributed by atoms with E-state index in [1.165, 1.54) is 18.2 Å². The second kappa shape index (κ2) is 6.66. The molecule has 0 fully saturated rings. The van der Waals surface area contributed by atoms with Crippen LogP contribution >= 0.6 is 23.2 Å². The van der Waals surface area contributed by atoms with E-state index in [-0.39, 0.29) is 16.5 Å². The van der Waals surface area contributed by atoms with Crippen LogP contribution in [0.5, 0.6) is 5.75 Å². The van der Waals surface area contributed by atoms with E-state index in [1.807, 2.05) is 0 Å². The summed E-state index contributed by atoms with van der Waals surface area (Å²) in [5, 5.41) is 0.436. The molecule has 2 aromatic rings. The molecule has 21 heavy (non-hydrogen) atoms. The highest BCUT2D eigenvalue weighted by molar-refractivity contribution is 7.89. The minimum atomic E-state index is -3.72. The molecular formula is C14H13Cl2NO3S. The highest BCUT2D eigenvalue weighted by atomic mass is 35.5. The van der Waals surface area contributed by atoms with E-state index >= 15 is 0 Å². The van der Waals surface area contributed by atoms with E-state index in [4.69, 9.17) is 27.9 Å². The van der Waals surface area contributed by atoms with Crippen LogP contribution < -0.4 is 9.46 Å². The predicted octanol–water partition coefficient (Wildman–Crippen LogP) is 3.48. The fraction of sp³-hybridized carbons (Fsp3) is 0.143. The van der Waals surface area contributed by atoms with Gasteiger partial charge >= 0.3 is 0 Å². The maximum atomic E-state index is 12.2. The van der Waals surface area contributed by atoms with Crippen LogP contribution in [0.4, 0.5) is 0 Å². The van der Waals surface area contributed by atoms with Crippen LogP contribution in [0.15, 0.2) is 47.4 Å². The average Bonchev–Trinajstić information content (AvgIpc) is 2.48. The van der Waals surface area contributed by atoms with Gasteiger partial charge in [0.1, 0.15) is 10.6 Å². The van der Waals surface area contributed by atoms with Crippen molar-refractivity contribution in [3.63, 3.8) is 0 Å². The van der Waals surface area contributed by atoms with Crippen LogP contribution in [-0.4, -0.2) is 15.5 Å². The number of nitrogens with one attached hydrogen (secondary N) is 1. The molecule has 0 amide bonds. The maximum Gasteiger partial charge on any atom is 0.242 e. The Bertz CT molecular complexity index is 730. The van der Waals surface area contributed by atoms with Crippen molar-refractivity contribution in [3.8, 4) is 5.75 Å². The van der Waals surface area contributed by atoms with E-state index in [1.54, 1.807) is 31.4 Å². The second-order valence-electron chi connectivity index (χ2n) is 4.25. The van der Waals surface area contributed by atoms with E-state index in [0.717, 1.165) is 5.56 Å². The van der Waals surface area contributed by atoms with Crippen LogP contribution in [0.1, 0.15) is 5.56 Å². The third kappa shape index (κ3) is 4.11. The van der Waals surface area contributed by atoms with Crippen LogP contribution in [0.2, 0.25) is 10.0 Å². The van der Waals surface area contributed by atoms with Gasteiger partial charge < -0.3 is 4.74 Å². The number of methoxy groups -OCH3 is 1. The first-order valence-electron chi connectivity index (χ1n) is 6.00. The molecule has 2 rings (SSSR count). The largest absolute Gasteiger partial charge is 0.497 e. The molecule has 2 aromatic carbocycles. The summed E-state index contributed by atoms with van der Waals surface area (Å²) in [7, 11) is -2.16. The SMILES string of the molecule is COc1ccc(CNS(=O)(=O)c2cc(Cl)ccc2Cl)cc1. The van der Waals surface area contributed by atoms with E-state index in [2.05, 4.69) is 4.72 Å². The Labute approximate surface area is 133 Å². The summed E-state index contributed by atoms with van der Waals surface area (Å²) in [6.07, 6.45) is 0. The Morgan fingerprint density at radius 1 is 1.10 bits per heavy atom. The Hall–Kier alpha value is -1.27. The minimum Gasteiger partial charge on any atom is -0.497 e. The predicted molar refractivity (Wildman–Crippen MR) is 83.5 cm³/mol. The van der Waals surface area contributed by atoms with Crippen LogP contribution in [0, 0.1) is 0 Å². The molecule has 112 valence electrons. The third-order valence-corrected chi connectivity index (χ3v) is 4.93. The van der Waals surface area contributed by atoms with Crippen molar-refractivity contribution in [3.05, 3.63) is 58.1 Å². The van der Waals surface area contributed by atoms with Crippen LogP contribution in [0.3, 0.4) is 0 Å². The van der Waals surface area contributed by atoms with Gasteiger partial charge in [-0.2, -0.15) is 0 Å². The van der Waals surface area contributed by atoms with Crippen molar-refractivity contribution in [2.45, 2.75) is 11.4 Å². The number of benzene rings is 2. The maximum absolute atomic E-state index is 12.2. The molecule has 7 heteroatoms. The van der Waals surface area contributed by atoms with Gasteiger partial charge in [-0.1, -0.05) is 35.3 Å². The molecule has 0 aliphatic carbocycles. The highest BCUT2D eigenvalue weighted by Crippen LogP contribution is 2.25. The van der Waals surface area contributed by atoms with Gasteiger partial charge in [-0.05, 0) is 35.9 Å². The Morgan fingerprint density at radius 3 is 2.38 bits per heavy atom. The van der Waals surface area contributed by atoms with Crippen molar-refractivity contribution in [1.82, 2.24) is 4.72 Å². The molecule has 0 unspecified atom stereocenters. The molecule has 0 heterocycles. The normalized spacial score (nSPS) is 11.4. The van der Waals surface area contributed by atoms with Gasteiger partial charge in [-0.3, -0.25) is 0 Å². The summed E-state index contributed by atoms with van der Waals surface area (Å²) in [5.41, 5.74) is 0.803. The molecule has 0 spiro atoms. The Balaban J connectivity index is 2.15. The van der Waals surface area contributed by atoms with Gasteiger partial charge in [0.15, 0.2) is 0 Å². The zero-order chi connectivity index (χ0) is 15.5. The summed E-state index contributed by atoms with van der Waals surface area (Å²) < 4.78 is 32.0. The number of rotatable bonds is 5. The van der Waals surface area contributed by atoms with Crippen molar-refractivity contribution in [2.75, 3.05) is 7.11 Å². The lowest BCUT2D eigenvalue weighted by Crippen LogP contribution is -2.23. The van der Waals surface area contributed by atoms with Gasteiger partial charge in [0.25, 0.3) is 0 Å². The van der Waals surface area contributed by atoms with Crippen molar-refractivity contribution >= 4 is 33.2 Å². The van der Waals surface area contributed by atoms with E-state index in [0.29, 0.717) is 10.8 Å². The fourth-order valence-electron chi connectivity index (χ4n) is 1.68. The average molecular weight is 346 g/mol. The zero-order valence-corrected chi connectivity index (χ0v) is 13.5. The summed E-state index contributed by atoms with van der Waals surface area (Å²) >= 11 is 11.7. The highest BCUT2D eigenvalue weighted by Gasteiger charge is 2.18. The smallest absolute Gasteiger partial charge is 0.242 e. The molecule has 0 atom stereocenters. The van der Waals surface area contributed by atoms with Crippen LogP contribution in [0.25, 0.3) is 0 Å². The molecule has 0 aromatic heterocycles. The summed E-state index contributed by atoms with van der Waals surface area (Å²) in [6.45, 7) is 0.148. The molecule has 0 aliphatic rings. The lowest BCUT2D eigenvalue weighted by molar-refractivity contribution is 0.414. The molecule has 4 nitrogen and oxygen atoms in total. The monoisotopic (exact) mass is 345 g/mol. The first kappa shape index (κ1) is 16.1. The lowest BCUT2D eigenvalue weighted by Gasteiger charge is -2.09. The third-order valence-electron chi connectivity index (χ3n) is 2.81. The molecule has 0 bridgehead atoms. The van der Waals surface area contributed by atoms with E-state index in [9.17, 15) is 8.42 Å². The van der Waals surface area contributed by atoms with Gasteiger partial charge in [0, 0.05) is 11.6 Å². The molecule has 0 saturated heterocycles. The first-order chi connectivity index (χ1) is 9.92. The van der Waals surface area contributed by atoms with Gasteiger partial charge in [0.05, 0.1) is 12.1 Å². The first-order valence-corrected chi connectivity index (χ1v) is 8.24. The zero-order valence-electron chi connectivity index (χ0n) is 11.1. The lowest BCUT2D eigenvalue weighted by atomic mass is 10.2. The Kier molecular flexibility index (Phi) is 5.11. The van der Waals surface area contributed by atoms with Gasteiger partial charge in [-0.25, -0.2) is 13.1 Å². The number of hydrogen-bond acceptors (Lipinski definition) is 3. The number of hydrogen-bond donors (Lipinski definition) is 1. The number of sulfonamides is 1. The molecule has 0 aliphatic heterocycles. The van der Waals surface area contributed by atoms with Crippen molar-refractivity contribution in [2.24, 2.45) is 0 Å². The molecule has 0 saturated carbocycles. The topological polar surface area (TPSA) is 55.4 Å². The fourth-order valence-corrected chi connectivity index (χ4v) is 3.46. The van der Waals surface area contributed by atoms with Crippen LogP contribution in [-0.2, 0) is 16.6 Å². The summed E-state index contributed by atoms with van der Waals surface area (Å²) in [4.78, 5) is -0.0369. The second-order valence-corrected chi connectivity index (χ2v) is 6.83. The Morgan fingerprint density at radius 2 is 1.76 bits per heavy atom. The van der Waals surface area contributed by atoms with Crippen molar-refractivity contribution < 1.29 is 13.2 Å². The summed E-state index contributed by atoms with van der Waals surface area (Å²) in [6, 6.07) is 11.4. The van der Waals surface area contributed by atoms with Gasteiger partial charge in [0.2, 0.25) is 10.0 Å². The molecule has 0 radical (unpaired) electrons. The number of halogens is 2. The van der Waals surface area contributed by atoms with E-state index < -0.39 is 10.0 Å². The number of ether oxygens (including phenoxy) is 1. The molecular weight excluding hydrogens is 333 g/mol. The standard InChI is InChI=1S/C14H13Cl2NO3S/c1-20-12-5-2-10(3-6-12)9-17-21(18,19)14-8-11(15)4-7-13(14)16/h2-8,17H,9H2,1H3. The molecule has 1 N–H and O–H groups in total. The van der Waals surface area contributed by atoms with Crippen molar-refractivity contribution in [1.29, 1.82) is 0 Å². The van der Waals surface area contributed by atoms with Gasteiger partial charge in [-0.15, -0.1) is 0 Å². The minimum absolute atomic E-state index is 0.0369.